The van der Waals surface area contributed by atoms with E-state index in [1.165, 1.54) is 17.7 Å². The normalized spacial score (nSPS) is 15.9. The summed E-state index contributed by atoms with van der Waals surface area (Å²) >= 11 is 0. The van der Waals surface area contributed by atoms with Crippen molar-refractivity contribution in [2.24, 2.45) is 0 Å². The molecule has 8 heteroatoms. The van der Waals surface area contributed by atoms with Gasteiger partial charge in [0.05, 0.1) is 6.54 Å². The lowest BCUT2D eigenvalue weighted by atomic mass is 10.0. The van der Waals surface area contributed by atoms with E-state index >= 15 is 0 Å². The standard InChI is InChI=1S/C25H30F3N3O2/c1-18-14-20(4-3-9-30-12-10-29(2)11-13-30)15-21-17-31(24(32)23(18)21)16-19-5-7-22(8-6-19)33-25(26,27)28/h5-8,14-15,17,32H,3-4,9-13,16H2,1-2H3. The Morgan fingerprint density at radius 1 is 1.00 bits per heavy atom. The summed E-state index contributed by atoms with van der Waals surface area (Å²) in [5, 5.41) is 12.6. The first-order chi connectivity index (χ1) is 15.7. The molecule has 4 rings (SSSR count). The zero-order valence-electron chi connectivity index (χ0n) is 19.0. The summed E-state index contributed by atoms with van der Waals surface area (Å²) in [4.78, 5) is 4.87. The van der Waals surface area contributed by atoms with Gasteiger partial charge < -0.3 is 24.2 Å². The molecule has 5 nitrogen and oxygen atoms in total. The summed E-state index contributed by atoms with van der Waals surface area (Å²) < 4.78 is 42.7. The molecule has 3 aromatic rings. The molecule has 0 saturated carbocycles. The maximum atomic E-state index is 12.4. The quantitative estimate of drug-likeness (QED) is 0.550. The molecule has 33 heavy (non-hydrogen) atoms. The molecule has 2 aromatic carbocycles. The Hall–Kier alpha value is -2.71. The molecular formula is C25H30F3N3O2. The van der Waals surface area contributed by atoms with Crippen LogP contribution in [0.1, 0.15) is 23.1 Å². The first-order valence-corrected chi connectivity index (χ1v) is 11.2. The Kier molecular flexibility index (Phi) is 6.86. The number of hydrogen-bond donors (Lipinski definition) is 1. The molecular weight excluding hydrogens is 431 g/mol. The van der Waals surface area contributed by atoms with Crippen LogP contribution in [0.2, 0.25) is 0 Å². The molecule has 1 aromatic heterocycles. The molecule has 1 saturated heterocycles. The lowest BCUT2D eigenvalue weighted by Crippen LogP contribution is -2.44. The third kappa shape index (κ3) is 6.00. The second-order valence-electron chi connectivity index (χ2n) is 8.90. The van der Waals surface area contributed by atoms with Crippen LogP contribution in [0, 0.1) is 6.92 Å². The average molecular weight is 462 g/mol. The van der Waals surface area contributed by atoms with E-state index in [2.05, 4.69) is 33.7 Å². The number of nitrogens with zero attached hydrogens (tertiary/aromatic N) is 3. The van der Waals surface area contributed by atoms with E-state index in [0.717, 1.165) is 67.5 Å². The monoisotopic (exact) mass is 461 g/mol. The lowest BCUT2D eigenvalue weighted by molar-refractivity contribution is -0.274. The SMILES string of the molecule is Cc1cc(CCCN2CCN(C)CC2)cc2cn(Cc3ccc(OC(F)(F)F)cc3)c(O)c12. The number of benzene rings is 2. The molecule has 0 atom stereocenters. The first kappa shape index (κ1) is 23.4. The highest BCUT2D eigenvalue weighted by Crippen LogP contribution is 2.32. The van der Waals surface area contributed by atoms with E-state index in [9.17, 15) is 18.3 Å². The van der Waals surface area contributed by atoms with Crippen molar-refractivity contribution < 1.29 is 23.0 Å². The fraction of sp³-hybridized carbons (Fsp3) is 0.440. The average Bonchev–Trinajstić information content (AvgIpc) is 3.05. The van der Waals surface area contributed by atoms with Crippen molar-refractivity contribution in [3.8, 4) is 11.6 Å². The number of alkyl halides is 3. The van der Waals surface area contributed by atoms with Gasteiger partial charge in [-0.2, -0.15) is 0 Å². The first-order valence-electron chi connectivity index (χ1n) is 11.2. The molecule has 0 spiro atoms. The number of aromatic hydroxyl groups is 1. The van der Waals surface area contributed by atoms with Gasteiger partial charge in [0.25, 0.3) is 0 Å². The number of fused-ring (bicyclic) bond motifs is 1. The molecule has 0 bridgehead atoms. The summed E-state index contributed by atoms with van der Waals surface area (Å²) in [6.07, 6.45) is -0.733. The van der Waals surface area contributed by atoms with Crippen LogP contribution in [0.15, 0.2) is 42.6 Å². The number of aromatic nitrogens is 1. The van der Waals surface area contributed by atoms with E-state index in [0.29, 0.717) is 6.54 Å². The van der Waals surface area contributed by atoms with Crippen molar-refractivity contribution in [2.45, 2.75) is 32.7 Å². The zero-order chi connectivity index (χ0) is 23.6. The lowest BCUT2D eigenvalue weighted by Gasteiger charge is -2.32. The molecule has 1 fully saturated rings. The van der Waals surface area contributed by atoms with Crippen LogP contribution in [0.5, 0.6) is 11.6 Å². The molecule has 1 N–H and O–H groups in total. The summed E-state index contributed by atoms with van der Waals surface area (Å²) in [5.41, 5.74) is 3.04. The minimum atomic E-state index is -4.71. The summed E-state index contributed by atoms with van der Waals surface area (Å²) in [6, 6.07) is 9.98. The molecule has 1 aliphatic rings. The van der Waals surface area contributed by atoms with Gasteiger partial charge in [0.1, 0.15) is 5.75 Å². The van der Waals surface area contributed by atoms with Gasteiger partial charge in [0.15, 0.2) is 5.88 Å². The molecule has 0 aliphatic carbocycles. The summed E-state index contributed by atoms with van der Waals surface area (Å²) in [6.45, 7) is 7.92. The fourth-order valence-electron chi connectivity index (χ4n) is 4.51. The largest absolute Gasteiger partial charge is 0.573 e. The smallest absolute Gasteiger partial charge is 0.494 e. The van der Waals surface area contributed by atoms with Crippen molar-refractivity contribution in [1.29, 1.82) is 0 Å². The van der Waals surface area contributed by atoms with Gasteiger partial charge in [-0.25, -0.2) is 0 Å². The van der Waals surface area contributed by atoms with E-state index < -0.39 is 6.36 Å². The van der Waals surface area contributed by atoms with Gasteiger partial charge in [-0.05, 0) is 68.2 Å². The number of likely N-dealkylation sites (N-methyl/N-ethyl adjacent to an activating group) is 1. The highest BCUT2D eigenvalue weighted by atomic mass is 19.4. The van der Waals surface area contributed by atoms with Crippen LogP contribution in [0.4, 0.5) is 13.2 Å². The van der Waals surface area contributed by atoms with Crippen LogP contribution in [-0.4, -0.2) is 65.6 Å². The molecule has 0 unspecified atom stereocenters. The second-order valence-corrected chi connectivity index (χ2v) is 8.90. The Morgan fingerprint density at radius 2 is 1.70 bits per heavy atom. The van der Waals surface area contributed by atoms with Gasteiger partial charge in [0, 0.05) is 43.1 Å². The highest BCUT2D eigenvalue weighted by molar-refractivity contribution is 5.91. The van der Waals surface area contributed by atoms with Crippen LogP contribution >= 0.6 is 0 Å². The summed E-state index contributed by atoms with van der Waals surface area (Å²) in [7, 11) is 2.16. The van der Waals surface area contributed by atoms with Crippen molar-refractivity contribution >= 4 is 10.8 Å². The fourth-order valence-corrected chi connectivity index (χ4v) is 4.51. The number of hydrogen-bond acceptors (Lipinski definition) is 4. The van der Waals surface area contributed by atoms with Crippen LogP contribution in [0.3, 0.4) is 0 Å². The maximum absolute atomic E-state index is 12.4. The Morgan fingerprint density at radius 3 is 2.36 bits per heavy atom. The van der Waals surface area contributed by atoms with Gasteiger partial charge >= 0.3 is 6.36 Å². The third-order valence-electron chi connectivity index (χ3n) is 6.26. The second kappa shape index (κ2) is 9.65. The van der Waals surface area contributed by atoms with Crippen molar-refractivity contribution in [1.82, 2.24) is 14.4 Å². The molecule has 0 amide bonds. The number of aryl methyl sites for hydroxylation is 2. The summed E-state index contributed by atoms with van der Waals surface area (Å²) in [5.74, 6) is -0.0905. The van der Waals surface area contributed by atoms with Crippen LogP contribution in [0.25, 0.3) is 10.8 Å². The Balaban J connectivity index is 1.42. The third-order valence-corrected chi connectivity index (χ3v) is 6.26. The van der Waals surface area contributed by atoms with E-state index in [-0.39, 0.29) is 11.6 Å². The van der Waals surface area contributed by atoms with Crippen LogP contribution in [-0.2, 0) is 13.0 Å². The molecule has 0 radical (unpaired) electrons. The number of halogens is 3. The van der Waals surface area contributed by atoms with Crippen LogP contribution < -0.4 is 4.74 Å². The minimum absolute atomic E-state index is 0.169. The van der Waals surface area contributed by atoms with E-state index in [4.69, 9.17) is 0 Å². The molecule has 2 heterocycles. The molecule has 1 aliphatic heterocycles. The zero-order valence-corrected chi connectivity index (χ0v) is 19.0. The van der Waals surface area contributed by atoms with Crippen molar-refractivity contribution in [3.05, 3.63) is 59.3 Å². The predicted molar refractivity (Wildman–Crippen MR) is 123 cm³/mol. The topological polar surface area (TPSA) is 40.9 Å². The number of ether oxygens (including phenoxy) is 1. The minimum Gasteiger partial charge on any atom is -0.494 e. The Bertz CT molecular complexity index is 1080. The number of rotatable bonds is 7. The maximum Gasteiger partial charge on any atom is 0.573 e. The van der Waals surface area contributed by atoms with Gasteiger partial charge in [-0.15, -0.1) is 13.2 Å². The highest BCUT2D eigenvalue weighted by Gasteiger charge is 2.31. The molecule has 178 valence electrons. The number of piperazine rings is 1. The van der Waals surface area contributed by atoms with Crippen molar-refractivity contribution in [3.63, 3.8) is 0 Å². The van der Waals surface area contributed by atoms with Gasteiger partial charge in [-0.3, -0.25) is 0 Å². The van der Waals surface area contributed by atoms with Gasteiger partial charge in [0.2, 0.25) is 0 Å². The van der Waals surface area contributed by atoms with Gasteiger partial charge in [-0.1, -0.05) is 18.2 Å². The Labute approximate surface area is 192 Å². The van der Waals surface area contributed by atoms with E-state index in [1.807, 2.05) is 13.1 Å². The van der Waals surface area contributed by atoms with Crippen molar-refractivity contribution in [2.75, 3.05) is 39.8 Å². The van der Waals surface area contributed by atoms with E-state index in [1.54, 1.807) is 16.7 Å². The predicted octanol–water partition coefficient (Wildman–Crippen LogP) is 4.78.